The Balaban J connectivity index is 1.88. The van der Waals surface area contributed by atoms with Crippen LogP contribution in [-0.4, -0.2) is 19.1 Å². The molecular formula is C21H35O2P. The second-order valence-electron chi connectivity index (χ2n) is 8.26. The zero-order chi connectivity index (χ0) is 17.6. The minimum Gasteiger partial charge on any atom is -0.465 e. The molecule has 0 N–H and O–H groups in total. The molecular weight excluding hydrogens is 315 g/mol. The van der Waals surface area contributed by atoms with Gasteiger partial charge in [-0.1, -0.05) is 52.2 Å². The molecule has 0 amide bonds. The van der Waals surface area contributed by atoms with Crippen molar-refractivity contribution in [1.82, 2.24) is 0 Å². The third-order valence-corrected chi connectivity index (χ3v) is 5.92. The standard InChI is InChI=1S/C21H35O2P/c1-16(22-18-9-7-6-8-10-18)23-19-13-11-17(12-14-19)20(24-5)15-21(2,3)4/h11-14,16,18,20,24H,6-10,15H2,1-5H3. The van der Waals surface area contributed by atoms with Crippen LogP contribution in [-0.2, 0) is 4.74 Å². The molecule has 3 heteroatoms. The fourth-order valence-electron chi connectivity index (χ4n) is 3.47. The van der Waals surface area contributed by atoms with Gasteiger partial charge < -0.3 is 9.47 Å². The monoisotopic (exact) mass is 350 g/mol. The van der Waals surface area contributed by atoms with E-state index in [1.54, 1.807) is 0 Å². The highest BCUT2D eigenvalue weighted by Gasteiger charge is 2.20. The van der Waals surface area contributed by atoms with Gasteiger partial charge in [0.05, 0.1) is 6.10 Å². The van der Waals surface area contributed by atoms with E-state index in [2.05, 4.69) is 51.7 Å². The minimum atomic E-state index is -0.169. The van der Waals surface area contributed by atoms with Gasteiger partial charge in [-0.2, -0.15) is 0 Å². The molecule has 0 aliphatic heterocycles. The van der Waals surface area contributed by atoms with Gasteiger partial charge in [0.1, 0.15) is 5.75 Å². The first kappa shape index (κ1) is 19.7. The Kier molecular flexibility index (Phi) is 7.57. The van der Waals surface area contributed by atoms with E-state index in [1.165, 1.54) is 44.1 Å². The van der Waals surface area contributed by atoms with Crippen molar-refractivity contribution >= 4 is 8.58 Å². The number of hydrogen-bond donors (Lipinski definition) is 0. The molecule has 0 spiro atoms. The van der Waals surface area contributed by atoms with E-state index in [1.807, 2.05) is 6.92 Å². The Bertz CT molecular complexity index is 472. The normalized spacial score (nSPS) is 19.5. The number of ether oxygens (including phenoxy) is 2. The molecule has 136 valence electrons. The smallest absolute Gasteiger partial charge is 0.197 e. The van der Waals surface area contributed by atoms with Crippen LogP contribution in [0.5, 0.6) is 5.75 Å². The first-order chi connectivity index (χ1) is 11.4. The molecule has 1 aliphatic rings. The highest BCUT2D eigenvalue weighted by Crippen LogP contribution is 2.41. The molecule has 0 bridgehead atoms. The molecule has 1 saturated carbocycles. The summed E-state index contributed by atoms with van der Waals surface area (Å²) in [4.78, 5) is 0. The highest BCUT2D eigenvalue weighted by molar-refractivity contribution is 7.37. The average molecular weight is 350 g/mol. The van der Waals surface area contributed by atoms with E-state index in [0.717, 1.165) is 14.3 Å². The van der Waals surface area contributed by atoms with Crippen molar-refractivity contribution in [2.75, 3.05) is 6.66 Å². The van der Waals surface area contributed by atoms with E-state index < -0.39 is 0 Å². The number of hydrogen-bond acceptors (Lipinski definition) is 2. The van der Waals surface area contributed by atoms with Crippen LogP contribution in [0, 0.1) is 5.41 Å². The van der Waals surface area contributed by atoms with Gasteiger partial charge in [-0.05, 0) is 56.0 Å². The Labute approximate surface area is 150 Å². The minimum absolute atomic E-state index is 0.169. The second-order valence-corrected chi connectivity index (χ2v) is 9.53. The van der Waals surface area contributed by atoms with Crippen LogP contribution in [0.2, 0.25) is 0 Å². The molecule has 2 rings (SSSR count). The van der Waals surface area contributed by atoms with Crippen molar-refractivity contribution in [2.24, 2.45) is 5.41 Å². The zero-order valence-electron chi connectivity index (χ0n) is 16.1. The lowest BCUT2D eigenvalue weighted by atomic mass is 9.88. The Morgan fingerprint density at radius 1 is 1.08 bits per heavy atom. The molecule has 0 aromatic heterocycles. The van der Waals surface area contributed by atoms with Gasteiger partial charge in [0.25, 0.3) is 0 Å². The highest BCUT2D eigenvalue weighted by atomic mass is 31.1. The quantitative estimate of drug-likeness (QED) is 0.410. The fraction of sp³-hybridized carbons (Fsp3) is 0.714. The van der Waals surface area contributed by atoms with E-state index in [-0.39, 0.29) is 6.29 Å². The first-order valence-corrected chi connectivity index (χ1v) is 11.0. The lowest BCUT2D eigenvalue weighted by Gasteiger charge is -2.27. The van der Waals surface area contributed by atoms with Crippen molar-refractivity contribution in [3.8, 4) is 5.75 Å². The molecule has 24 heavy (non-hydrogen) atoms. The first-order valence-electron chi connectivity index (χ1n) is 9.47. The molecule has 3 unspecified atom stereocenters. The van der Waals surface area contributed by atoms with Gasteiger partial charge >= 0.3 is 0 Å². The van der Waals surface area contributed by atoms with Crippen LogP contribution in [0.1, 0.15) is 77.4 Å². The molecule has 3 atom stereocenters. The topological polar surface area (TPSA) is 18.5 Å². The van der Waals surface area contributed by atoms with Crippen LogP contribution in [0.4, 0.5) is 0 Å². The van der Waals surface area contributed by atoms with Crippen LogP contribution < -0.4 is 4.74 Å². The summed E-state index contributed by atoms with van der Waals surface area (Å²) in [6.45, 7) is 11.3. The summed E-state index contributed by atoms with van der Waals surface area (Å²) in [6.07, 6.45) is 7.73. The van der Waals surface area contributed by atoms with E-state index in [4.69, 9.17) is 9.47 Å². The van der Waals surface area contributed by atoms with Crippen LogP contribution in [0.3, 0.4) is 0 Å². The summed E-state index contributed by atoms with van der Waals surface area (Å²) in [5.41, 5.74) is 2.44. The van der Waals surface area contributed by atoms with Crippen LogP contribution in [0.25, 0.3) is 0 Å². The maximum Gasteiger partial charge on any atom is 0.197 e. The summed E-state index contributed by atoms with van der Waals surface area (Å²) in [7, 11) is 0.930. The Hall–Kier alpha value is -0.590. The van der Waals surface area contributed by atoms with Gasteiger partial charge in [-0.25, -0.2) is 0 Å². The largest absolute Gasteiger partial charge is 0.465 e. The van der Waals surface area contributed by atoms with Gasteiger partial charge in [0, 0.05) is 5.66 Å². The van der Waals surface area contributed by atoms with E-state index >= 15 is 0 Å². The maximum absolute atomic E-state index is 6.04. The van der Waals surface area contributed by atoms with E-state index in [9.17, 15) is 0 Å². The SMILES string of the molecule is CPC(CC(C)(C)C)c1ccc(OC(C)OC2CCCCC2)cc1. The van der Waals surface area contributed by atoms with Crippen molar-refractivity contribution in [1.29, 1.82) is 0 Å². The Morgan fingerprint density at radius 3 is 2.25 bits per heavy atom. The van der Waals surface area contributed by atoms with Gasteiger partial charge in [-0.3, -0.25) is 0 Å². The molecule has 0 heterocycles. The molecule has 1 fully saturated rings. The average Bonchev–Trinajstić information content (AvgIpc) is 2.53. The molecule has 0 saturated heterocycles. The molecule has 2 nitrogen and oxygen atoms in total. The summed E-state index contributed by atoms with van der Waals surface area (Å²) in [5, 5.41) is 0. The second kappa shape index (κ2) is 9.20. The Morgan fingerprint density at radius 2 is 1.71 bits per heavy atom. The number of rotatable bonds is 7. The van der Waals surface area contributed by atoms with Crippen LogP contribution in [0.15, 0.2) is 24.3 Å². The molecule has 1 aromatic carbocycles. The third-order valence-electron chi connectivity index (χ3n) is 4.69. The summed E-state index contributed by atoms with van der Waals surface area (Å²) in [5.74, 6) is 0.913. The predicted molar refractivity (Wildman–Crippen MR) is 106 cm³/mol. The summed E-state index contributed by atoms with van der Waals surface area (Å²) < 4.78 is 12.0. The van der Waals surface area contributed by atoms with Crippen molar-refractivity contribution in [3.63, 3.8) is 0 Å². The van der Waals surface area contributed by atoms with Gasteiger partial charge in [-0.15, -0.1) is 8.58 Å². The maximum atomic E-state index is 6.04. The van der Waals surface area contributed by atoms with Crippen molar-refractivity contribution in [2.45, 2.75) is 84.3 Å². The molecule has 1 aliphatic carbocycles. The van der Waals surface area contributed by atoms with Gasteiger partial charge in [0.15, 0.2) is 6.29 Å². The lowest BCUT2D eigenvalue weighted by molar-refractivity contribution is -0.116. The molecule has 0 radical (unpaired) electrons. The molecule has 1 aromatic rings. The predicted octanol–water partition coefficient (Wildman–Crippen LogP) is 6.55. The third kappa shape index (κ3) is 6.73. The summed E-state index contributed by atoms with van der Waals surface area (Å²) in [6, 6.07) is 8.67. The van der Waals surface area contributed by atoms with Gasteiger partial charge in [0.2, 0.25) is 0 Å². The van der Waals surface area contributed by atoms with Crippen LogP contribution >= 0.6 is 8.58 Å². The fourth-order valence-corrected chi connectivity index (χ4v) is 4.81. The number of benzene rings is 1. The summed E-state index contributed by atoms with van der Waals surface area (Å²) >= 11 is 0. The lowest BCUT2D eigenvalue weighted by Crippen LogP contribution is -2.26. The van der Waals surface area contributed by atoms with E-state index in [0.29, 0.717) is 17.2 Å². The van der Waals surface area contributed by atoms with Crippen molar-refractivity contribution < 1.29 is 9.47 Å². The van der Waals surface area contributed by atoms with Crippen molar-refractivity contribution in [3.05, 3.63) is 29.8 Å². The zero-order valence-corrected chi connectivity index (χ0v) is 17.1.